The number of anilines is 2. The Hall–Kier alpha value is -2.36. The maximum Gasteiger partial charge on any atom is 0.362 e. The van der Waals surface area contributed by atoms with E-state index in [0.29, 0.717) is 48.7 Å². The number of nitrogens with zero attached hydrogens (tertiary/aromatic N) is 5. The zero-order valence-corrected chi connectivity index (χ0v) is 19.0. The molecule has 1 aromatic carbocycles. The van der Waals surface area contributed by atoms with Gasteiger partial charge in [-0.05, 0) is 24.6 Å². The molecule has 0 saturated carbocycles. The summed E-state index contributed by atoms with van der Waals surface area (Å²) in [7, 11) is 0. The van der Waals surface area contributed by atoms with Crippen LogP contribution in [0.2, 0.25) is 10.0 Å². The molecule has 1 saturated heterocycles. The van der Waals surface area contributed by atoms with Crippen LogP contribution in [0.1, 0.15) is 23.0 Å². The third-order valence-electron chi connectivity index (χ3n) is 4.64. The lowest BCUT2D eigenvalue weighted by Crippen LogP contribution is -2.49. The number of rotatable bonds is 7. The van der Waals surface area contributed by atoms with Crippen LogP contribution in [0.3, 0.4) is 0 Å². The van der Waals surface area contributed by atoms with Crippen molar-refractivity contribution in [3.05, 3.63) is 39.5 Å². The van der Waals surface area contributed by atoms with E-state index >= 15 is 0 Å². The average Bonchev–Trinajstić information content (AvgIpc) is 2.78. The SMILES string of the molecule is CCOC(=O)c1nnc(N2CCN(C(=O)CCl)CC2)nc1NCc1ccc(Cl)cc1Cl. The molecule has 0 radical (unpaired) electrons. The van der Waals surface area contributed by atoms with E-state index in [1.54, 1.807) is 30.0 Å². The number of carbonyl (C=O) groups is 2. The zero-order chi connectivity index (χ0) is 22.4. The maximum absolute atomic E-state index is 12.3. The summed E-state index contributed by atoms with van der Waals surface area (Å²) in [6.45, 7) is 4.22. The standard InChI is InChI=1S/C19H21Cl3N6O3/c1-2-31-18(30)16-17(23-11-12-3-4-13(21)9-14(12)22)24-19(26-25-16)28-7-5-27(6-8-28)15(29)10-20/h3-4,9H,2,5-8,10-11H2,1H3,(H,23,24,26). The van der Waals surface area contributed by atoms with Crippen molar-refractivity contribution in [1.29, 1.82) is 0 Å². The van der Waals surface area contributed by atoms with Gasteiger partial charge in [-0.1, -0.05) is 29.3 Å². The van der Waals surface area contributed by atoms with Gasteiger partial charge < -0.3 is 19.9 Å². The minimum Gasteiger partial charge on any atom is -0.461 e. The van der Waals surface area contributed by atoms with Gasteiger partial charge in [0.25, 0.3) is 0 Å². The summed E-state index contributed by atoms with van der Waals surface area (Å²) >= 11 is 17.8. The number of ether oxygens (including phenoxy) is 1. The number of esters is 1. The highest BCUT2D eigenvalue weighted by atomic mass is 35.5. The fourth-order valence-electron chi connectivity index (χ4n) is 3.00. The maximum atomic E-state index is 12.3. The van der Waals surface area contributed by atoms with Crippen molar-refractivity contribution in [3.8, 4) is 0 Å². The van der Waals surface area contributed by atoms with Crippen molar-refractivity contribution < 1.29 is 14.3 Å². The van der Waals surface area contributed by atoms with Crippen LogP contribution in [0.15, 0.2) is 18.2 Å². The molecule has 1 amide bonds. The van der Waals surface area contributed by atoms with E-state index in [1.807, 2.05) is 4.90 Å². The van der Waals surface area contributed by atoms with E-state index in [4.69, 9.17) is 39.5 Å². The Balaban J connectivity index is 1.80. The highest BCUT2D eigenvalue weighted by molar-refractivity contribution is 6.35. The monoisotopic (exact) mass is 486 g/mol. The van der Waals surface area contributed by atoms with Crippen LogP contribution < -0.4 is 10.2 Å². The number of halogens is 3. The van der Waals surface area contributed by atoms with Crippen LogP contribution in [0, 0.1) is 0 Å². The van der Waals surface area contributed by atoms with Crippen molar-refractivity contribution >= 4 is 58.4 Å². The number of hydrogen-bond donors (Lipinski definition) is 1. The first kappa shape index (κ1) is 23.3. The summed E-state index contributed by atoms with van der Waals surface area (Å²) in [6, 6.07) is 5.14. The molecule has 1 aliphatic heterocycles. The normalized spacial score (nSPS) is 13.8. The van der Waals surface area contributed by atoms with E-state index < -0.39 is 5.97 Å². The van der Waals surface area contributed by atoms with Gasteiger partial charge in [-0.2, -0.15) is 4.98 Å². The highest BCUT2D eigenvalue weighted by Gasteiger charge is 2.25. The topological polar surface area (TPSA) is 101 Å². The number of amides is 1. The van der Waals surface area contributed by atoms with Crippen molar-refractivity contribution in [1.82, 2.24) is 20.1 Å². The highest BCUT2D eigenvalue weighted by Crippen LogP contribution is 2.23. The van der Waals surface area contributed by atoms with Crippen LogP contribution >= 0.6 is 34.8 Å². The summed E-state index contributed by atoms with van der Waals surface area (Å²) in [5.74, 6) is -0.214. The second-order valence-electron chi connectivity index (χ2n) is 6.62. The van der Waals surface area contributed by atoms with Crippen LogP contribution in [0.25, 0.3) is 0 Å². The largest absolute Gasteiger partial charge is 0.461 e. The van der Waals surface area contributed by atoms with Gasteiger partial charge in [-0.3, -0.25) is 4.79 Å². The molecule has 9 nitrogen and oxygen atoms in total. The number of hydrogen-bond acceptors (Lipinski definition) is 8. The fraction of sp³-hybridized carbons (Fsp3) is 0.421. The molecule has 0 spiro atoms. The molecule has 3 rings (SSSR count). The van der Waals surface area contributed by atoms with Crippen LogP contribution in [0.4, 0.5) is 11.8 Å². The molecular weight excluding hydrogens is 467 g/mol. The average molecular weight is 488 g/mol. The first-order valence-corrected chi connectivity index (χ1v) is 10.9. The van der Waals surface area contributed by atoms with Gasteiger partial charge in [0.1, 0.15) is 5.88 Å². The lowest BCUT2D eigenvalue weighted by Gasteiger charge is -2.34. The van der Waals surface area contributed by atoms with Crippen molar-refractivity contribution in [2.75, 3.05) is 48.9 Å². The molecule has 2 aromatic rings. The molecule has 1 aromatic heterocycles. The molecule has 0 atom stereocenters. The predicted octanol–water partition coefficient (Wildman–Crippen LogP) is 2.85. The molecular formula is C19H21Cl3N6O3. The molecule has 0 unspecified atom stereocenters. The fourth-order valence-corrected chi connectivity index (χ4v) is 3.64. The van der Waals surface area contributed by atoms with Crippen molar-refractivity contribution in [2.24, 2.45) is 0 Å². The molecule has 0 bridgehead atoms. The number of nitrogens with one attached hydrogen (secondary N) is 1. The summed E-state index contributed by atoms with van der Waals surface area (Å²) in [5.41, 5.74) is 0.751. The molecule has 12 heteroatoms. The van der Waals surface area contributed by atoms with Gasteiger partial charge in [-0.15, -0.1) is 21.8 Å². The predicted molar refractivity (Wildman–Crippen MR) is 119 cm³/mol. The van der Waals surface area contributed by atoms with Gasteiger partial charge in [0, 0.05) is 42.8 Å². The van der Waals surface area contributed by atoms with Crippen molar-refractivity contribution in [2.45, 2.75) is 13.5 Å². The Morgan fingerprint density at radius 3 is 2.55 bits per heavy atom. The molecule has 166 valence electrons. The van der Waals surface area contributed by atoms with Gasteiger partial charge >= 0.3 is 5.97 Å². The van der Waals surface area contributed by atoms with E-state index in [-0.39, 0.29) is 29.9 Å². The second kappa shape index (κ2) is 10.8. The van der Waals surface area contributed by atoms with Crippen LogP contribution in [-0.4, -0.2) is 70.6 Å². The summed E-state index contributed by atoms with van der Waals surface area (Å²) in [4.78, 5) is 32.1. The quantitative estimate of drug-likeness (QED) is 0.470. The van der Waals surface area contributed by atoms with Crippen molar-refractivity contribution in [3.63, 3.8) is 0 Å². The van der Waals surface area contributed by atoms with Crippen LogP contribution in [0.5, 0.6) is 0 Å². The minimum absolute atomic E-state index is 0.0216. The first-order valence-electron chi connectivity index (χ1n) is 9.61. The molecule has 1 fully saturated rings. The molecule has 0 aliphatic carbocycles. The Morgan fingerprint density at radius 1 is 1.16 bits per heavy atom. The van der Waals surface area contributed by atoms with Gasteiger partial charge in [0.05, 0.1) is 6.61 Å². The Labute approximate surface area is 194 Å². The minimum atomic E-state index is -0.628. The number of alkyl halides is 1. The Kier molecular flexibility index (Phi) is 8.11. The number of aromatic nitrogens is 3. The lowest BCUT2D eigenvalue weighted by molar-refractivity contribution is -0.128. The number of carbonyl (C=O) groups excluding carboxylic acids is 2. The van der Waals surface area contributed by atoms with E-state index in [2.05, 4.69) is 20.5 Å². The zero-order valence-electron chi connectivity index (χ0n) is 16.8. The van der Waals surface area contributed by atoms with E-state index in [9.17, 15) is 9.59 Å². The lowest BCUT2D eigenvalue weighted by atomic mass is 10.2. The third kappa shape index (κ3) is 5.87. The number of piperazine rings is 1. The van der Waals surface area contributed by atoms with Gasteiger partial charge in [-0.25, -0.2) is 4.79 Å². The smallest absolute Gasteiger partial charge is 0.362 e. The van der Waals surface area contributed by atoms with Gasteiger partial charge in [0.15, 0.2) is 5.82 Å². The van der Waals surface area contributed by atoms with E-state index in [0.717, 1.165) is 5.56 Å². The Bertz CT molecular complexity index is 953. The summed E-state index contributed by atoms with van der Waals surface area (Å²) < 4.78 is 5.06. The molecule has 1 N–H and O–H groups in total. The Morgan fingerprint density at radius 2 is 1.90 bits per heavy atom. The first-order chi connectivity index (χ1) is 14.9. The molecule has 31 heavy (non-hydrogen) atoms. The van der Waals surface area contributed by atoms with Gasteiger partial charge in [0.2, 0.25) is 17.5 Å². The summed E-state index contributed by atoms with van der Waals surface area (Å²) in [6.07, 6.45) is 0. The second-order valence-corrected chi connectivity index (χ2v) is 7.73. The molecule has 1 aliphatic rings. The number of benzene rings is 1. The van der Waals surface area contributed by atoms with E-state index in [1.165, 1.54) is 0 Å². The third-order valence-corrected chi connectivity index (χ3v) is 5.45. The van der Waals surface area contributed by atoms with Crippen LogP contribution in [-0.2, 0) is 16.1 Å². The summed E-state index contributed by atoms with van der Waals surface area (Å²) in [5, 5.41) is 12.2. The molecule has 2 heterocycles.